The van der Waals surface area contributed by atoms with Crippen LogP contribution < -0.4 is 15.5 Å². The van der Waals surface area contributed by atoms with Gasteiger partial charge in [-0.25, -0.2) is 0 Å². The average Bonchev–Trinajstić information content (AvgIpc) is 3.08. The Kier molecular flexibility index (Phi) is 5.33. The van der Waals surface area contributed by atoms with E-state index in [1.54, 1.807) is 0 Å². The standard InChI is InChI=1S/C18H27N3O/c22-18(9-8-15-10-11-19-13-15)20-16-5-4-12-21(14-16)17-6-2-1-3-7-17/h1-3,6-7,15-16,19H,4-5,8-14H2,(H,20,22). The number of para-hydroxylation sites is 1. The third kappa shape index (κ3) is 4.23. The van der Waals surface area contributed by atoms with Crippen molar-refractivity contribution in [2.45, 2.75) is 38.1 Å². The highest BCUT2D eigenvalue weighted by Gasteiger charge is 2.22. The fraction of sp³-hybridized carbons (Fsp3) is 0.611. The number of hydrogen-bond donors (Lipinski definition) is 2. The van der Waals surface area contributed by atoms with E-state index in [1.807, 2.05) is 6.07 Å². The number of hydrogen-bond acceptors (Lipinski definition) is 3. The molecule has 3 rings (SSSR count). The molecule has 2 atom stereocenters. The zero-order valence-corrected chi connectivity index (χ0v) is 13.3. The molecule has 0 spiro atoms. The molecule has 0 radical (unpaired) electrons. The first-order valence-electron chi connectivity index (χ1n) is 8.61. The Bertz CT molecular complexity index is 470. The summed E-state index contributed by atoms with van der Waals surface area (Å²) >= 11 is 0. The second kappa shape index (κ2) is 7.63. The van der Waals surface area contributed by atoms with E-state index in [4.69, 9.17) is 0 Å². The fourth-order valence-corrected chi connectivity index (χ4v) is 3.56. The largest absolute Gasteiger partial charge is 0.369 e. The Morgan fingerprint density at radius 2 is 2.14 bits per heavy atom. The number of benzene rings is 1. The van der Waals surface area contributed by atoms with E-state index in [1.165, 1.54) is 12.1 Å². The van der Waals surface area contributed by atoms with Crippen LogP contribution >= 0.6 is 0 Å². The molecule has 4 nitrogen and oxygen atoms in total. The minimum Gasteiger partial charge on any atom is -0.369 e. The highest BCUT2D eigenvalue weighted by Crippen LogP contribution is 2.20. The molecular weight excluding hydrogens is 274 g/mol. The molecule has 0 aromatic heterocycles. The summed E-state index contributed by atoms with van der Waals surface area (Å²) in [7, 11) is 0. The number of carbonyl (C=O) groups excluding carboxylic acids is 1. The van der Waals surface area contributed by atoms with Gasteiger partial charge in [0.2, 0.25) is 5.91 Å². The predicted octanol–water partition coefficient (Wildman–Crippen LogP) is 2.16. The zero-order valence-electron chi connectivity index (χ0n) is 13.3. The van der Waals surface area contributed by atoms with Gasteiger partial charge in [0.15, 0.2) is 0 Å². The number of amides is 1. The van der Waals surface area contributed by atoms with Crippen LogP contribution in [0.5, 0.6) is 0 Å². The lowest BCUT2D eigenvalue weighted by Crippen LogP contribution is -2.47. The molecule has 1 amide bonds. The summed E-state index contributed by atoms with van der Waals surface area (Å²) in [5, 5.41) is 6.60. The predicted molar refractivity (Wildman–Crippen MR) is 90.0 cm³/mol. The van der Waals surface area contributed by atoms with Crippen molar-refractivity contribution in [3.05, 3.63) is 30.3 Å². The van der Waals surface area contributed by atoms with Gasteiger partial charge in [0.1, 0.15) is 0 Å². The van der Waals surface area contributed by atoms with Crippen LogP contribution in [-0.2, 0) is 4.79 Å². The summed E-state index contributed by atoms with van der Waals surface area (Å²) in [5.74, 6) is 0.921. The van der Waals surface area contributed by atoms with Gasteiger partial charge in [-0.05, 0) is 56.8 Å². The third-order valence-corrected chi connectivity index (χ3v) is 4.85. The van der Waals surface area contributed by atoms with E-state index in [0.29, 0.717) is 18.4 Å². The normalized spacial score (nSPS) is 25.2. The maximum atomic E-state index is 12.2. The van der Waals surface area contributed by atoms with Crippen LogP contribution in [0.1, 0.15) is 32.1 Å². The Balaban J connectivity index is 1.44. The van der Waals surface area contributed by atoms with Crippen LogP contribution in [0.15, 0.2) is 30.3 Å². The van der Waals surface area contributed by atoms with E-state index < -0.39 is 0 Å². The summed E-state index contributed by atoms with van der Waals surface area (Å²) in [6, 6.07) is 10.8. The van der Waals surface area contributed by atoms with Crippen molar-refractivity contribution in [2.24, 2.45) is 5.92 Å². The molecule has 2 fully saturated rings. The van der Waals surface area contributed by atoms with E-state index in [9.17, 15) is 4.79 Å². The van der Waals surface area contributed by atoms with Gasteiger partial charge in [-0.1, -0.05) is 18.2 Å². The van der Waals surface area contributed by atoms with Gasteiger partial charge in [-0.3, -0.25) is 4.79 Å². The second-order valence-corrected chi connectivity index (χ2v) is 6.59. The van der Waals surface area contributed by atoms with E-state index in [0.717, 1.165) is 45.4 Å². The SMILES string of the molecule is O=C(CCC1CCNC1)NC1CCCN(c2ccccc2)C1. The molecule has 2 aliphatic heterocycles. The minimum atomic E-state index is 0.229. The van der Waals surface area contributed by atoms with Gasteiger partial charge >= 0.3 is 0 Å². The highest BCUT2D eigenvalue weighted by molar-refractivity contribution is 5.76. The number of carbonyl (C=O) groups is 1. The van der Waals surface area contributed by atoms with Gasteiger partial charge in [0, 0.05) is 31.2 Å². The third-order valence-electron chi connectivity index (χ3n) is 4.85. The minimum absolute atomic E-state index is 0.229. The van der Waals surface area contributed by atoms with E-state index >= 15 is 0 Å². The molecule has 4 heteroatoms. The molecule has 2 heterocycles. The Morgan fingerprint density at radius 1 is 1.27 bits per heavy atom. The smallest absolute Gasteiger partial charge is 0.220 e. The van der Waals surface area contributed by atoms with Gasteiger partial charge in [0.05, 0.1) is 0 Å². The first-order valence-corrected chi connectivity index (χ1v) is 8.61. The van der Waals surface area contributed by atoms with Crippen LogP contribution in [0.4, 0.5) is 5.69 Å². The number of rotatable bonds is 5. The number of piperidine rings is 1. The van der Waals surface area contributed by atoms with E-state index in [2.05, 4.69) is 39.8 Å². The molecule has 1 aromatic carbocycles. The van der Waals surface area contributed by atoms with Crippen molar-refractivity contribution < 1.29 is 4.79 Å². The van der Waals surface area contributed by atoms with Crippen LogP contribution in [0.3, 0.4) is 0 Å². The maximum absolute atomic E-state index is 12.2. The van der Waals surface area contributed by atoms with Crippen molar-refractivity contribution in [1.29, 1.82) is 0 Å². The first-order chi connectivity index (χ1) is 10.8. The first kappa shape index (κ1) is 15.3. The Hall–Kier alpha value is -1.55. The number of nitrogens with zero attached hydrogens (tertiary/aromatic N) is 1. The molecule has 2 saturated heterocycles. The Labute approximate surface area is 133 Å². The van der Waals surface area contributed by atoms with Crippen LogP contribution in [0, 0.1) is 5.92 Å². The summed E-state index contributed by atoms with van der Waals surface area (Å²) in [6.07, 6.45) is 5.16. The topological polar surface area (TPSA) is 44.4 Å². The summed E-state index contributed by atoms with van der Waals surface area (Å²) in [4.78, 5) is 14.5. The summed E-state index contributed by atoms with van der Waals surface area (Å²) in [5.41, 5.74) is 1.26. The molecule has 1 aromatic rings. The van der Waals surface area contributed by atoms with Crippen molar-refractivity contribution in [2.75, 3.05) is 31.1 Å². The van der Waals surface area contributed by atoms with Crippen LogP contribution in [-0.4, -0.2) is 38.1 Å². The molecule has 2 unspecified atom stereocenters. The number of anilines is 1. The monoisotopic (exact) mass is 301 g/mol. The molecule has 2 aliphatic rings. The molecular formula is C18H27N3O. The molecule has 22 heavy (non-hydrogen) atoms. The van der Waals surface area contributed by atoms with Gasteiger partial charge in [-0.15, -0.1) is 0 Å². The molecule has 2 N–H and O–H groups in total. The van der Waals surface area contributed by atoms with Crippen molar-refractivity contribution in [3.8, 4) is 0 Å². The second-order valence-electron chi connectivity index (χ2n) is 6.59. The van der Waals surface area contributed by atoms with Gasteiger partial charge in [0.25, 0.3) is 0 Å². The Morgan fingerprint density at radius 3 is 2.91 bits per heavy atom. The fourth-order valence-electron chi connectivity index (χ4n) is 3.56. The quantitative estimate of drug-likeness (QED) is 0.876. The van der Waals surface area contributed by atoms with Gasteiger partial charge in [-0.2, -0.15) is 0 Å². The summed E-state index contributed by atoms with van der Waals surface area (Å²) in [6.45, 7) is 4.21. The molecule has 120 valence electrons. The van der Waals surface area contributed by atoms with Gasteiger partial charge < -0.3 is 15.5 Å². The lowest BCUT2D eigenvalue weighted by atomic mass is 10.0. The molecule has 0 saturated carbocycles. The highest BCUT2D eigenvalue weighted by atomic mass is 16.1. The average molecular weight is 301 g/mol. The van der Waals surface area contributed by atoms with Crippen LogP contribution in [0.2, 0.25) is 0 Å². The van der Waals surface area contributed by atoms with Crippen molar-refractivity contribution in [3.63, 3.8) is 0 Å². The molecule has 0 aliphatic carbocycles. The van der Waals surface area contributed by atoms with E-state index in [-0.39, 0.29) is 5.91 Å². The lowest BCUT2D eigenvalue weighted by molar-refractivity contribution is -0.122. The zero-order chi connectivity index (χ0) is 15.2. The molecule has 0 bridgehead atoms. The maximum Gasteiger partial charge on any atom is 0.220 e. The van der Waals surface area contributed by atoms with Crippen molar-refractivity contribution in [1.82, 2.24) is 10.6 Å². The van der Waals surface area contributed by atoms with Crippen LogP contribution in [0.25, 0.3) is 0 Å². The summed E-state index contributed by atoms with van der Waals surface area (Å²) < 4.78 is 0. The van der Waals surface area contributed by atoms with Crippen molar-refractivity contribution >= 4 is 11.6 Å². The number of nitrogens with one attached hydrogen (secondary N) is 2. The lowest BCUT2D eigenvalue weighted by Gasteiger charge is -2.34.